The maximum Gasteiger partial charge on any atom is 0.163 e. The summed E-state index contributed by atoms with van der Waals surface area (Å²) in [6, 6.07) is 6.22. The lowest BCUT2D eigenvalue weighted by atomic mass is 9.97. The lowest BCUT2D eigenvalue weighted by molar-refractivity contribution is 0.132. The van der Waals surface area contributed by atoms with Gasteiger partial charge in [0.25, 0.3) is 0 Å². The molecule has 0 spiro atoms. The molecule has 21 heavy (non-hydrogen) atoms. The van der Waals surface area contributed by atoms with E-state index in [1.807, 2.05) is 0 Å². The minimum atomic E-state index is -0.741. The normalized spacial score (nSPS) is 28.3. The fraction of sp³-hybridized carbons (Fsp3) is 0.647. The molecule has 116 valence electrons. The van der Waals surface area contributed by atoms with Crippen LogP contribution in [0.5, 0.6) is 0 Å². The quantitative estimate of drug-likeness (QED) is 0.894. The Hall–Kier alpha value is -1.00. The van der Waals surface area contributed by atoms with Crippen LogP contribution in [-0.4, -0.2) is 29.6 Å². The van der Waals surface area contributed by atoms with Crippen molar-refractivity contribution in [2.75, 3.05) is 6.54 Å². The predicted molar refractivity (Wildman–Crippen MR) is 80.0 cm³/mol. The minimum absolute atomic E-state index is 0.481. The predicted octanol–water partition coefficient (Wildman–Crippen LogP) is 3.46. The molecule has 3 rings (SSSR count). The molecule has 1 aromatic carbocycles. The van der Waals surface area contributed by atoms with Crippen molar-refractivity contribution in [3.63, 3.8) is 0 Å². The third-order valence-corrected chi connectivity index (χ3v) is 4.88. The van der Waals surface area contributed by atoms with Crippen LogP contribution in [0.2, 0.25) is 0 Å². The van der Waals surface area contributed by atoms with Gasteiger partial charge >= 0.3 is 0 Å². The van der Waals surface area contributed by atoms with Crippen LogP contribution in [-0.2, 0) is 6.54 Å². The molecule has 1 aromatic rings. The first kappa shape index (κ1) is 14.9. The Morgan fingerprint density at radius 1 is 1.19 bits per heavy atom. The highest BCUT2D eigenvalue weighted by Crippen LogP contribution is 2.31. The van der Waals surface area contributed by atoms with Gasteiger partial charge in [0.05, 0.1) is 0 Å². The number of nitrogens with zero attached hydrogens (tertiary/aromatic N) is 1. The largest absolute Gasteiger partial charge is 0.311 e. The van der Waals surface area contributed by atoms with Gasteiger partial charge in [-0.1, -0.05) is 19.1 Å². The number of rotatable bonds is 5. The maximum absolute atomic E-state index is 13.9. The monoisotopic (exact) mass is 294 g/mol. The molecule has 2 aliphatic heterocycles. The number of hydrogen-bond donors (Lipinski definition) is 1. The van der Waals surface area contributed by atoms with E-state index >= 15 is 0 Å². The van der Waals surface area contributed by atoms with Gasteiger partial charge in [-0.25, -0.2) is 8.78 Å². The van der Waals surface area contributed by atoms with Gasteiger partial charge < -0.3 is 5.32 Å². The van der Waals surface area contributed by atoms with Gasteiger partial charge in [-0.2, -0.15) is 0 Å². The van der Waals surface area contributed by atoms with Crippen LogP contribution in [0.25, 0.3) is 0 Å². The summed E-state index contributed by atoms with van der Waals surface area (Å²) in [5.74, 6) is -1.43. The van der Waals surface area contributed by atoms with Gasteiger partial charge in [0.1, 0.15) is 0 Å². The first-order valence-electron chi connectivity index (χ1n) is 8.10. The van der Waals surface area contributed by atoms with Crippen molar-refractivity contribution in [3.05, 3.63) is 35.4 Å². The summed E-state index contributed by atoms with van der Waals surface area (Å²) in [5, 5.41) is 3.64. The average Bonchev–Trinajstić information content (AvgIpc) is 2.81. The zero-order valence-corrected chi connectivity index (χ0v) is 12.6. The van der Waals surface area contributed by atoms with E-state index in [0.717, 1.165) is 25.8 Å². The molecule has 0 radical (unpaired) electrons. The Morgan fingerprint density at radius 3 is 2.57 bits per heavy atom. The molecule has 2 atom stereocenters. The molecule has 0 aliphatic carbocycles. The van der Waals surface area contributed by atoms with Gasteiger partial charge in [0.2, 0.25) is 0 Å². The first-order chi connectivity index (χ1) is 10.2. The summed E-state index contributed by atoms with van der Waals surface area (Å²) in [7, 11) is 0. The molecule has 2 unspecified atom stereocenters. The lowest BCUT2D eigenvalue weighted by Gasteiger charge is -2.38. The highest BCUT2D eigenvalue weighted by Gasteiger charge is 2.35. The third-order valence-electron chi connectivity index (χ3n) is 4.88. The Bertz CT molecular complexity index is 480. The number of benzene rings is 1. The Labute approximate surface area is 125 Å². The van der Waals surface area contributed by atoms with Crippen molar-refractivity contribution in [1.29, 1.82) is 0 Å². The topological polar surface area (TPSA) is 15.3 Å². The van der Waals surface area contributed by atoms with E-state index in [0.29, 0.717) is 30.2 Å². The fourth-order valence-electron chi connectivity index (χ4n) is 3.89. The highest BCUT2D eigenvalue weighted by atomic mass is 19.2. The summed E-state index contributed by atoms with van der Waals surface area (Å²) < 4.78 is 27.3. The molecule has 0 saturated carbocycles. The van der Waals surface area contributed by atoms with Crippen LogP contribution in [0.4, 0.5) is 8.78 Å². The first-order valence-corrected chi connectivity index (χ1v) is 8.10. The zero-order valence-electron chi connectivity index (χ0n) is 12.6. The van der Waals surface area contributed by atoms with E-state index in [2.05, 4.69) is 17.1 Å². The van der Waals surface area contributed by atoms with Gasteiger partial charge in [-0.15, -0.1) is 0 Å². The molecular formula is C17H24F2N2. The van der Waals surface area contributed by atoms with Crippen molar-refractivity contribution >= 4 is 0 Å². The van der Waals surface area contributed by atoms with E-state index in [9.17, 15) is 8.78 Å². The Morgan fingerprint density at radius 2 is 1.90 bits per heavy atom. The number of halogens is 2. The summed E-state index contributed by atoms with van der Waals surface area (Å²) in [6.07, 6.45) is 5.82. The van der Waals surface area contributed by atoms with Crippen molar-refractivity contribution < 1.29 is 8.78 Å². The van der Waals surface area contributed by atoms with Crippen LogP contribution in [0.3, 0.4) is 0 Å². The Kier molecular flexibility index (Phi) is 4.55. The summed E-state index contributed by atoms with van der Waals surface area (Å²) in [4.78, 5) is 2.35. The molecular weight excluding hydrogens is 270 g/mol. The molecule has 2 nitrogen and oxygen atoms in total. The molecule has 4 heteroatoms. The third kappa shape index (κ3) is 3.27. The van der Waals surface area contributed by atoms with Crippen molar-refractivity contribution in [3.8, 4) is 0 Å². The SMILES string of the molecule is CCCN(Cc1cccc(F)c1F)C1CC2CCC(C1)N2. The molecule has 0 amide bonds. The van der Waals surface area contributed by atoms with Gasteiger partial charge in [0, 0.05) is 30.2 Å². The van der Waals surface area contributed by atoms with Gasteiger partial charge in [0.15, 0.2) is 11.6 Å². The van der Waals surface area contributed by atoms with Gasteiger partial charge in [-0.3, -0.25) is 4.90 Å². The lowest BCUT2D eigenvalue weighted by Crippen LogP contribution is -2.48. The standard InChI is InChI=1S/C17H24F2N2/c1-2-8-21(11-12-4-3-5-16(18)17(12)19)15-9-13-6-7-14(10-15)20-13/h3-5,13-15,20H,2,6-11H2,1H3. The van der Waals surface area contributed by atoms with Crippen molar-refractivity contribution in [2.45, 2.75) is 63.7 Å². The van der Waals surface area contributed by atoms with E-state index < -0.39 is 11.6 Å². The second-order valence-electron chi connectivity index (χ2n) is 6.45. The molecule has 2 aliphatic rings. The number of hydrogen-bond acceptors (Lipinski definition) is 2. The molecule has 2 fully saturated rings. The second-order valence-corrected chi connectivity index (χ2v) is 6.45. The van der Waals surface area contributed by atoms with Crippen molar-refractivity contribution in [2.24, 2.45) is 0 Å². The number of nitrogens with one attached hydrogen (secondary N) is 1. The summed E-state index contributed by atoms with van der Waals surface area (Å²) in [6.45, 7) is 3.60. The van der Waals surface area contributed by atoms with Crippen LogP contribution in [0.15, 0.2) is 18.2 Å². The van der Waals surface area contributed by atoms with E-state index in [1.165, 1.54) is 18.9 Å². The van der Waals surface area contributed by atoms with E-state index in [-0.39, 0.29) is 0 Å². The summed E-state index contributed by atoms with van der Waals surface area (Å²) >= 11 is 0. The number of piperidine rings is 1. The Balaban J connectivity index is 1.73. The summed E-state index contributed by atoms with van der Waals surface area (Å²) in [5.41, 5.74) is 0.481. The van der Waals surface area contributed by atoms with Crippen molar-refractivity contribution in [1.82, 2.24) is 10.2 Å². The molecule has 2 heterocycles. The minimum Gasteiger partial charge on any atom is -0.311 e. The fourth-order valence-corrected chi connectivity index (χ4v) is 3.89. The number of fused-ring (bicyclic) bond motifs is 2. The smallest absolute Gasteiger partial charge is 0.163 e. The average molecular weight is 294 g/mol. The van der Waals surface area contributed by atoms with E-state index in [4.69, 9.17) is 0 Å². The maximum atomic E-state index is 13.9. The molecule has 1 N–H and O–H groups in total. The molecule has 0 aromatic heterocycles. The highest BCUT2D eigenvalue weighted by molar-refractivity contribution is 5.19. The van der Waals surface area contributed by atoms with Crippen LogP contribution < -0.4 is 5.32 Å². The van der Waals surface area contributed by atoms with E-state index in [1.54, 1.807) is 12.1 Å². The van der Waals surface area contributed by atoms with Gasteiger partial charge in [-0.05, 0) is 44.7 Å². The second kappa shape index (κ2) is 6.41. The molecule has 2 bridgehead atoms. The van der Waals surface area contributed by atoms with Crippen LogP contribution >= 0.6 is 0 Å². The van der Waals surface area contributed by atoms with Crippen LogP contribution in [0, 0.1) is 11.6 Å². The zero-order chi connectivity index (χ0) is 14.8. The molecule has 2 saturated heterocycles. The van der Waals surface area contributed by atoms with Crippen LogP contribution in [0.1, 0.15) is 44.6 Å².